The van der Waals surface area contributed by atoms with Crippen molar-refractivity contribution in [1.82, 2.24) is 0 Å². The van der Waals surface area contributed by atoms with Gasteiger partial charge in [0, 0.05) is 18.2 Å². The Hall–Kier alpha value is -1.17. The van der Waals surface area contributed by atoms with Gasteiger partial charge in [-0.25, -0.2) is 0 Å². The molecule has 0 fully saturated rings. The Kier molecular flexibility index (Phi) is 6.21. The number of rotatable bonds is 6. The van der Waals surface area contributed by atoms with Gasteiger partial charge in [0.25, 0.3) is 0 Å². The van der Waals surface area contributed by atoms with E-state index in [0.717, 1.165) is 17.3 Å². The molecule has 0 bridgehead atoms. The maximum atomic E-state index is 10.8. The number of thioether (sulfide) groups is 1. The molecule has 1 rings (SSSR count). The molecule has 2 atom stereocenters. The molecule has 0 aliphatic carbocycles. The van der Waals surface area contributed by atoms with Crippen LogP contribution in [0.1, 0.15) is 40.9 Å². The third kappa shape index (κ3) is 5.14. The van der Waals surface area contributed by atoms with Crippen LogP contribution in [0.2, 0.25) is 0 Å². The molecule has 104 valence electrons. The van der Waals surface area contributed by atoms with Gasteiger partial charge < -0.3 is 10.2 Å². The van der Waals surface area contributed by atoms with E-state index in [2.05, 4.69) is 0 Å². The molecule has 0 radical (unpaired) electrons. The van der Waals surface area contributed by atoms with Crippen LogP contribution < -0.4 is 0 Å². The first-order chi connectivity index (χ1) is 8.93. The molecule has 0 amide bonds. The first-order valence-corrected chi connectivity index (χ1v) is 6.99. The molecule has 0 aliphatic rings. The van der Waals surface area contributed by atoms with E-state index in [0.29, 0.717) is 29.6 Å². The summed E-state index contributed by atoms with van der Waals surface area (Å²) in [5.74, 6) is 0.458. The summed E-state index contributed by atoms with van der Waals surface area (Å²) in [5.41, 5.74) is 1.84. The number of aryl methyl sites for hydroxylation is 1. The van der Waals surface area contributed by atoms with Gasteiger partial charge in [0.05, 0.1) is 6.10 Å². The van der Waals surface area contributed by atoms with Crippen molar-refractivity contribution < 1.29 is 19.8 Å². The van der Waals surface area contributed by atoms with Crippen LogP contribution in [0.15, 0.2) is 18.2 Å². The molecule has 0 saturated carbocycles. The number of aliphatic hydroxyl groups is 2. The maximum absolute atomic E-state index is 10.8. The summed E-state index contributed by atoms with van der Waals surface area (Å²) < 4.78 is 0. The predicted octanol–water partition coefficient (Wildman–Crippen LogP) is 1.87. The molecule has 1 aromatic carbocycles. The van der Waals surface area contributed by atoms with Gasteiger partial charge in [-0.05, 0) is 31.0 Å². The van der Waals surface area contributed by atoms with Gasteiger partial charge in [-0.15, -0.1) is 0 Å². The Bertz CT molecular complexity index is 459. The van der Waals surface area contributed by atoms with Crippen molar-refractivity contribution in [2.75, 3.05) is 5.75 Å². The highest BCUT2D eigenvalue weighted by Crippen LogP contribution is 2.22. The van der Waals surface area contributed by atoms with E-state index >= 15 is 0 Å². The van der Waals surface area contributed by atoms with Gasteiger partial charge in [-0.2, -0.15) is 0 Å². The Morgan fingerprint density at radius 1 is 1.37 bits per heavy atom. The number of carbonyl (C=O) groups excluding carboxylic acids is 2. The molecule has 1 aromatic rings. The summed E-state index contributed by atoms with van der Waals surface area (Å²) in [6, 6.07) is 5.01. The first-order valence-electron chi connectivity index (χ1n) is 6.00. The summed E-state index contributed by atoms with van der Waals surface area (Å²) in [5, 5.41) is 19.9. The second-order valence-electron chi connectivity index (χ2n) is 4.44. The van der Waals surface area contributed by atoms with Crippen LogP contribution in [0.25, 0.3) is 0 Å². The van der Waals surface area contributed by atoms with E-state index in [-0.39, 0.29) is 5.12 Å². The molecular formula is C14H18O4S. The minimum Gasteiger partial charge on any atom is -0.390 e. The SMILES string of the molecule is CC(=O)SCCC(O)C(O)c1cc(C)cc(C=O)c1. The van der Waals surface area contributed by atoms with E-state index < -0.39 is 12.2 Å². The van der Waals surface area contributed by atoms with Gasteiger partial charge in [0.15, 0.2) is 5.12 Å². The van der Waals surface area contributed by atoms with E-state index in [1.54, 1.807) is 18.2 Å². The van der Waals surface area contributed by atoms with Crippen LogP contribution in [0, 0.1) is 6.92 Å². The third-order valence-electron chi connectivity index (χ3n) is 2.68. The van der Waals surface area contributed by atoms with Gasteiger partial charge in [0.2, 0.25) is 0 Å². The molecule has 2 unspecified atom stereocenters. The zero-order valence-electron chi connectivity index (χ0n) is 11.0. The fourth-order valence-corrected chi connectivity index (χ4v) is 2.43. The summed E-state index contributed by atoms with van der Waals surface area (Å²) in [7, 11) is 0. The fraction of sp³-hybridized carbons (Fsp3) is 0.429. The van der Waals surface area contributed by atoms with Crippen LogP contribution in [-0.4, -0.2) is 33.5 Å². The predicted molar refractivity (Wildman–Crippen MR) is 75.3 cm³/mol. The summed E-state index contributed by atoms with van der Waals surface area (Å²) in [4.78, 5) is 21.5. The molecular weight excluding hydrogens is 264 g/mol. The summed E-state index contributed by atoms with van der Waals surface area (Å²) in [6.07, 6.45) is -0.976. The van der Waals surface area contributed by atoms with E-state index in [1.807, 2.05) is 6.92 Å². The molecule has 0 aromatic heterocycles. The normalized spacial score (nSPS) is 13.9. The highest BCUT2D eigenvalue weighted by Gasteiger charge is 2.19. The Balaban J connectivity index is 2.70. The zero-order valence-corrected chi connectivity index (χ0v) is 11.8. The Morgan fingerprint density at radius 3 is 2.63 bits per heavy atom. The van der Waals surface area contributed by atoms with Crippen LogP contribution in [0.3, 0.4) is 0 Å². The maximum Gasteiger partial charge on any atom is 0.185 e. The molecule has 0 aliphatic heterocycles. The van der Waals surface area contributed by atoms with Crippen molar-refractivity contribution in [3.05, 3.63) is 34.9 Å². The van der Waals surface area contributed by atoms with Crippen molar-refractivity contribution in [3.8, 4) is 0 Å². The van der Waals surface area contributed by atoms with Crippen LogP contribution in [0.5, 0.6) is 0 Å². The standard InChI is InChI=1S/C14H18O4S/c1-9-5-11(8-15)7-12(6-9)14(18)13(17)3-4-19-10(2)16/h5-8,13-14,17-18H,3-4H2,1-2H3. The highest BCUT2D eigenvalue weighted by atomic mass is 32.2. The minimum absolute atomic E-state index is 0.0134. The zero-order chi connectivity index (χ0) is 14.4. The first kappa shape index (κ1) is 15.9. The highest BCUT2D eigenvalue weighted by molar-refractivity contribution is 8.13. The second kappa shape index (κ2) is 7.43. The number of carbonyl (C=O) groups is 2. The van der Waals surface area contributed by atoms with Crippen molar-refractivity contribution in [2.45, 2.75) is 32.5 Å². The summed E-state index contributed by atoms with van der Waals surface area (Å²) in [6.45, 7) is 3.28. The van der Waals surface area contributed by atoms with Gasteiger partial charge in [0.1, 0.15) is 12.4 Å². The second-order valence-corrected chi connectivity index (χ2v) is 5.71. The van der Waals surface area contributed by atoms with E-state index in [4.69, 9.17) is 0 Å². The average Bonchev–Trinajstić information content (AvgIpc) is 2.36. The van der Waals surface area contributed by atoms with E-state index in [1.165, 1.54) is 6.92 Å². The number of hydrogen-bond donors (Lipinski definition) is 2. The lowest BCUT2D eigenvalue weighted by Gasteiger charge is -2.18. The van der Waals surface area contributed by atoms with Gasteiger partial charge >= 0.3 is 0 Å². The average molecular weight is 282 g/mol. The topological polar surface area (TPSA) is 74.6 Å². The lowest BCUT2D eigenvalue weighted by atomic mass is 9.98. The molecule has 4 nitrogen and oxygen atoms in total. The van der Waals surface area contributed by atoms with Crippen LogP contribution in [-0.2, 0) is 4.79 Å². The molecule has 2 N–H and O–H groups in total. The Morgan fingerprint density at radius 2 is 2.05 bits per heavy atom. The summed E-state index contributed by atoms with van der Waals surface area (Å²) >= 11 is 1.12. The molecule has 0 spiro atoms. The van der Waals surface area contributed by atoms with Crippen molar-refractivity contribution >= 4 is 23.2 Å². The third-order valence-corrected chi connectivity index (χ3v) is 3.53. The smallest absolute Gasteiger partial charge is 0.185 e. The Labute approximate surface area is 116 Å². The van der Waals surface area contributed by atoms with Crippen molar-refractivity contribution in [2.24, 2.45) is 0 Å². The van der Waals surface area contributed by atoms with Crippen molar-refractivity contribution in [1.29, 1.82) is 0 Å². The van der Waals surface area contributed by atoms with E-state index in [9.17, 15) is 19.8 Å². The van der Waals surface area contributed by atoms with Crippen molar-refractivity contribution in [3.63, 3.8) is 0 Å². The lowest BCUT2D eigenvalue weighted by molar-refractivity contribution is -0.109. The fourth-order valence-electron chi connectivity index (χ4n) is 1.79. The van der Waals surface area contributed by atoms with Crippen LogP contribution >= 0.6 is 11.8 Å². The number of aldehydes is 1. The number of hydrogen-bond acceptors (Lipinski definition) is 5. The molecule has 5 heteroatoms. The molecule has 0 saturated heterocycles. The molecule has 19 heavy (non-hydrogen) atoms. The lowest BCUT2D eigenvalue weighted by Crippen LogP contribution is -2.19. The molecule has 0 heterocycles. The quantitative estimate of drug-likeness (QED) is 0.779. The minimum atomic E-state index is -1.05. The number of aliphatic hydroxyl groups excluding tert-OH is 2. The van der Waals surface area contributed by atoms with Crippen LogP contribution in [0.4, 0.5) is 0 Å². The van der Waals surface area contributed by atoms with Gasteiger partial charge in [-0.1, -0.05) is 23.4 Å². The number of benzene rings is 1. The van der Waals surface area contributed by atoms with Gasteiger partial charge in [-0.3, -0.25) is 9.59 Å². The monoisotopic (exact) mass is 282 g/mol. The largest absolute Gasteiger partial charge is 0.390 e.